The van der Waals surface area contributed by atoms with Gasteiger partial charge < -0.3 is 14.8 Å². The molecule has 6 heteroatoms. The van der Waals surface area contributed by atoms with Crippen LogP contribution in [0.15, 0.2) is 23.8 Å². The van der Waals surface area contributed by atoms with Crippen LogP contribution >= 0.6 is 0 Å². The molecule has 5 nitrogen and oxygen atoms in total. The predicted octanol–water partition coefficient (Wildman–Crippen LogP) is 4.51. The monoisotopic (exact) mass is 395 g/mol. The summed E-state index contributed by atoms with van der Waals surface area (Å²) in [6.45, 7) is 7.21. The Bertz CT molecular complexity index is 623. The third kappa shape index (κ3) is 5.66. The van der Waals surface area contributed by atoms with Crippen molar-refractivity contribution in [1.29, 1.82) is 0 Å². The maximum Gasteiger partial charge on any atom is 0.408 e. The van der Waals surface area contributed by atoms with Gasteiger partial charge in [-0.2, -0.15) is 0 Å². The van der Waals surface area contributed by atoms with Gasteiger partial charge in [0.05, 0.1) is 18.1 Å². The van der Waals surface area contributed by atoms with Gasteiger partial charge in [0.25, 0.3) is 0 Å². The number of alkyl carbamates (subject to hydrolysis) is 1. The second-order valence-electron chi connectivity index (χ2n) is 8.63. The van der Waals surface area contributed by atoms with Crippen molar-refractivity contribution in [2.24, 2.45) is 11.8 Å². The molecular weight excluding hydrogens is 361 g/mol. The number of rotatable bonds is 6. The van der Waals surface area contributed by atoms with Crippen molar-refractivity contribution in [3.63, 3.8) is 0 Å². The minimum Gasteiger partial charge on any atom is -0.444 e. The molecule has 0 saturated carbocycles. The van der Waals surface area contributed by atoms with E-state index in [1.807, 2.05) is 13.0 Å². The molecule has 5 atom stereocenters. The summed E-state index contributed by atoms with van der Waals surface area (Å²) in [6, 6.07) is -0.510. The van der Waals surface area contributed by atoms with Crippen LogP contribution < -0.4 is 5.32 Å². The van der Waals surface area contributed by atoms with Crippen LogP contribution in [0.2, 0.25) is 0 Å². The smallest absolute Gasteiger partial charge is 0.408 e. The van der Waals surface area contributed by atoms with Gasteiger partial charge in [-0.1, -0.05) is 25.2 Å². The number of carbonyl (C=O) groups excluding carboxylic acids is 2. The van der Waals surface area contributed by atoms with Crippen LogP contribution in [0.5, 0.6) is 0 Å². The van der Waals surface area contributed by atoms with Crippen molar-refractivity contribution >= 4 is 11.9 Å². The summed E-state index contributed by atoms with van der Waals surface area (Å²) in [7, 11) is 1.52. The molecule has 0 aromatic rings. The molecule has 0 aromatic heterocycles. The Kier molecular flexibility index (Phi) is 7.81. The van der Waals surface area contributed by atoms with Gasteiger partial charge in [0, 0.05) is 13.0 Å². The standard InChI is InChI=1S/C22H34FNO4/c1-6-16(24-21(26)28-22(2,3)4)15-12-13-17(27-5)18(19(15)23)20(25)14-10-8-7-9-11-14/h7-8,12,14,16-19H,6,9-11,13H2,1-5H3,(H,24,26)/t14?,16-,17?,18?,19?/m1/s1. The summed E-state index contributed by atoms with van der Waals surface area (Å²) in [5.74, 6) is -1.07. The normalized spacial score (nSPS) is 29.0. The van der Waals surface area contributed by atoms with Crippen LogP contribution in [0.1, 0.15) is 59.8 Å². The van der Waals surface area contributed by atoms with Crippen molar-refractivity contribution in [2.45, 2.75) is 83.7 Å². The summed E-state index contributed by atoms with van der Waals surface area (Å²) in [4.78, 5) is 25.3. The zero-order chi connectivity index (χ0) is 20.9. The van der Waals surface area contributed by atoms with Crippen molar-refractivity contribution in [1.82, 2.24) is 5.32 Å². The van der Waals surface area contributed by atoms with Crippen molar-refractivity contribution in [3.05, 3.63) is 23.8 Å². The fourth-order valence-electron chi connectivity index (χ4n) is 4.01. The molecule has 158 valence electrons. The van der Waals surface area contributed by atoms with Crippen LogP contribution in [0.4, 0.5) is 9.18 Å². The largest absolute Gasteiger partial charge is 0.444 e. The average Bonchev–Trinajstić information content (AvgIpc) is 2.64. The minimum absolute atomic E-state index is 0.0681. The summed E-state index contributed by atoms with van der Waals surface area (Å²) >= 11 is 0. The highest BCUT2D eigenvalue weighted by molar-refractivity contribution is 5.85. The number of allylic oxidation sites excluding steroid dienone is 2. The molecule has 28 heavy (non-hydrogen) atoms. The fraction of sp³-hybridized carbons (Fsp3) is 0.727. The molecule has 1 amide bonds. The number of ether oxygens (including phenoxy) is 2. The van der Waals surface area contributed by atoms with E-state index in [2.05, 4.69) is 11.4 Å². The van der Waals surface area contributed by atoms with E-state index in [0.29, 0.717) is 24.8 Å². The number of halogens is 1. The Morgan fingerprint density at radius 3 is 2.54 bits per heavy atom. The quantitative estimate of drug-likeness (QED) is 0.672. The van der Waals surface area contributed by atoms with Gasteiger partial charge in [-0.25, -0.2) is 9.18 Å². The first-order valence-electron chi connectivity index (χ1n) is 10.2. The van der Waals surface area contributed by atoms with Gasteiger partial charge in [-0.15, -0.1) is 0 Å². The van der Waals surface area contributed by atoms with E-state index in [0.717, 1.165) is 12.8 Å². The number of carbonyl (C=O) groups is 2. The molecule has 1 N–H and O–H groups in total. The fourth-order valence-corrected chi connectivity index (χ4v) is 4.01. The Morgan fingerprint density at radius 1 is 1.29 bits per heavy atom. The summed E-state index contributed by atoms with van der Waals surface area (Å²) < 4.78 is 26.4. The van der Waals surface area contributed by atoms with Gasteiger partial charge in [0.15, 0.2) is 0 Å². The molecule has 2 aliphatic rings. The highest BCUT2D eigenvalue weighted by atomic mass is 19.1. The highest BCUT2D eigenvalue weighted by Crippen LogP contribution is 2.36. The maximum atomic E-state index is 15.6. The second kappa shape index (κ2) is 9.68. The van der Waals surface area contributed by atoms with E-state index in [9.17, 15) is 9.59 Å². The van der Waals surface area contributed by atoms with Crippen LogP contribution in [-0.2, 0) is 14.3 Å². The van der Waals surface area contributed by atoms with Crippen LogP contribution in [0.25, 0.3) is 0 Å². The average molecular weight is 396 g/mol. The first-order chi connectivity index (χ1) is 13.2. The zero-order valence-electron chi connectivity index (χ0n) is 17.7. The number of amides is 1. The number of methoxy groups -OCH3 is 1. The third-order valence-corrected chi connectivity index (χ3v) is 5.42. The zero-order valence-corrected chi connectivity index (χ0v) is 17.7. The number of ketones is 1. The van der Waals surface area contributed by atoms with Gasteiger partial charge in [0.2, 0.25) is 0 Å². The Balaban J connectivity index is 2.17. The predicted molar refractivity (Wildman–Crippen MR) is 107 cm³/mol. The molecule has 0 aromatic carbocycles. The van der Waals surface area contributed by atoms with Gasteiger partial charge in [-0.05, 0) is 58.4 Å². The molecule has 0 saturated heterocycles. The lowest BCUT2D eigenvalue weighted by molar-refractivity contribution is -0.134. The van der Waals surface area contributed by atoms with Crippen molar-refractivity contribution in [3.8, 4) is 0 Å². The van der Waals surface area contributed by atoms with E-state index in [1.54, 1.807) is 26.8 Å². The van der Waals surface area contributed by atoms with E-state index in [-0.39, 0.29) is 11.7 Å². The first-order valence-corrected chi connectivity index (χ1v) is 10.2. The molecule has 0 fully saturated rings. The van der Waals surface area contributed by atoms with E-state index >= 15 is 4.39 Å². The van der Waals surface area contributed by atoms with Crippen LogP contribution in [-0.4, -0.2) is 42.9 Å². The number of nitrogens with one attached hydrogen (secondary N) is 1. The molecule has 0 radical (unpaired) electrons. The highest BCUT2D eigenvalue weighted by Gasteiger charge is 2.44. The first kappa shape index (κ1) is 22.6. The van der Waals surface area contributed by atoms with E-state index in [4.69, 9.17) is 9.47 Å². The van der Waals surface area contributed by atoms with Gasteiger partial charge in [-0.3, -0.25) is 4.79 Å². The lowest BCUT2D eigenvalue weighted by atomic mass is 9.74. The topological polar surface area (TPSA) is 64.6 Å². The Morgan fingerprint density at radius 2 is 2.00 bits per heavy atom. The minimum atomic E-state index is -1.48. The number of Topliss-reactive ketones (excluding diaryl/α,β-unsaturated/α-hetero) is 1. The van der Waals surface area contributed by atoms with Crippen LogP contribution in [0.3, 0.4) is 0 Å². The lowest BCUT2D eigenvalue weighted by Gasteiger charge is -2.37. The number of hydrogen-bond donors (Lipinski definition) is 1. The van der Waals surface area contributed by atoms with E-state index in [1.165, 1.54) is 7.11 Å². The third-order valence-electron chi connectivity index (χ3n) is 5.42. The lowest BCUT2D eigenvalue weighted by Crippen LogP contribution is -2.48. The molecule has 0 bridgehead atoms. The SMILES string of the molecule is CC[C@@H](NC(=O)OC(C)(C)C)C1=CCC(OC)C(C(=O)C2CC=CCC2)C1F. The molecule has 0 heterocycles. The van der Waals surface area contributed by atoms with Crippen molar-refractivity contribution < 1.29 is 23.5 Å². The van der Waals surface area contributed by atoms with Gasteiger partial charge in [0.1, 0.15) is 17.6 Å². The molecule has 2 aliphatic carbocycles. The number of alkyl halides is 1. The molecule has 0 aliphatic heterocycles. The van der Waals surface area contributed by atoms with Crippen molar-refractivity contribution in [2.75, 3.05) is 7.11 Å². The Hall–Kier alpha value is -1.69. The Labute approximate surface area is 167 Å². The summed E-state index contributed by atoms with van der Waals surface area (Å²) in [6.07, 6.45) is 6.52. The summed E-state index contributed by atoms with van der Waals surface area (Å²) in [5.41, 5.74) is -0.182. The molecule has 4 unspecified atom stereocenters. The maximum absolute atomic E-state index is 15.6. The van der Waals surface area contributed by atoms with Gasteiger partial charge >= 0.3 is 6.09 Å². The number of hydrogen-bond acceptors (Lipinski definition) is 4. The van der Waals surface area contributed by atoms with E-state index < -0.39 is 35.9 Å². The summed E-state index contributed by atoms with van der Waals surface area (Å²) in [5, 5.41) is 2.76. The van der Waals surface area contributed by atoms with Crippen LogP contribution in [0, 0.1) is 11.8 Å². The molecule has 0 spiro atoms. The molecular formula is C22H34FNO4. The second-order valence-corrected chi connectivity index (χ2v) is 8.63. The molecule has 2 rings (SSSR count).